The van der Waals surface area contributed by atoms with E-state index in [2.05, 4.69) is 5.32 Å². The van der Waals surface area contributed by atoms with Crippen LogP contribution < -0.4 is 5.32 Å². The Balaban J connectivity index is 1.75. The van der Waals surface area contributed by atoms with E-state index in [-0.39, 0.29) is 30.6 Å². The molecule has 1 heterocycles. The second-order valence-corrected chi connectivity index (χ2v) is 8.59. The van der Waals surface area contributed by atoms with Crippen molar-refractivity contribution in [3.05, 3.63) is 52.3 Å². The van der Waals surface area contributed by atoms with Gasteiger partial charge in [-0.15, -0.1) is 0 Å². The molecular weight excluding hydrogens is 423 g/mol. The van der Waals surface area contributed by atoms with Crippen LogP contribution >= 0.6 is 23.2 Å². The average molecular weight is 451 g/mol. The number of para-hydroxylation sites is 1. The number of benzene rings is 1. The summed E-state index contributed by atoms with van der Waals surface area (Å²) in [7, 11) is 1.97. The van der Waals surface area contributed by atoms with Crippen LogP contribution in [0.1, 0.15) is 38.8 Å². The van der Waals surface area contributed by atoms with Gasteiger partial charge in [-0.1, -0.05) is 36.2 Å². The largest absolute Gasteiger partial charge is 0.353 e. The van der Waals surface area contributed by atoms with Gasteiger partial charge in [0.05, 0.1) is 22.3 Å². The molecule has 1 fully saturated rings. The summed E-state index contributed by atoms with van der Waals surface area (Å²) in [5.41, 5.74) is 1.42. The number of urea groups is 1. The van der Waals surface area contributed by atoms with Crippen molar-refractivity contribution in [2.45, 2.75) is 51.7 Å². The second-order valence-electron chi connectivity index (χ2n) is 7.78. The molecule has 1 unspecified atom stereocenters. The first-order valence-corrected chi connectivity index (χ1v) is 11.0. The summed E-state index contributed by atoms with van der Waals surface area (Å²) in [6, 6.07) is 8.76. The average Bonchev–Trinajstić information content (AvgIpc) is 3.48. The lowest BCUT2D eigenvalue weighted by atomic mass is 10.2. The van der Waals surface area contributed by atoms with Gasteiger partial charge in [-0.3, -0.25) is 4.79 Å². The van der Waals surface area contributed by atoms with Gasteiger partial charge in [-0.2, -0.15) is 0 Å². The van der Waals surface area contributed by atoms with Gasteiger partial charge in [0.2, 0.25) is 5.91 Å². The summed E-state index contributed by atoms with van der Waals surface area (Å²) in [5, 5.41) is 3.50. The molecule has 2 aromatic rings. The van der Waals surface area contributed by atoms with E-state index in [0.717, 1.165) is 25.0 Å². The van der Waals surface area contributed by atoms with Crippen molar-refractivity contribution >= 4 is 40.8 Å². The molecule has 0 aliphatic heterocycles. The molecule has 6 nitrogen and oxygen atoms in total. The SMILES string of the molecule is CCC(C)N(CC(=O)N(Cc1cccn1C)C1CC1)C(=O)Nc1c(Cl)cccc1Cl. The molecule has 1 saturated carbocycles. The lowest BCUT2D eigenvalue weighted by Crippen LogP contribution is -2.48. The Hall–Kier alpha value is -2.18. The molecule has 162 valence electrons. The van der Waals surface area contributed by atoms with Crippen LogP contribution in [-0.4, -0.2) is 44.9 Å². The van der Waals surface area contributed by atoms with Gasteiger partial charge in [0.15, 0.2) is 0 Å². The van der Waals surface area contributed by atoms with Crippen LogP contribution in [0.15, 0.2) is 36.5 Å². The third-order valence-corrected chi connectivity index (χ3v) is 6.21. The van der Waals surface area contributed by atoms with Gasteiger partial charge in [-0.05, 0) is 50.5 Å². The van der Waals surface area contributed by atoms with Crippen LogP contribution in [0.5, 0.6) is 0 Å². The van der Waals surface area contributed by atoms with Crippen molar-refractivity contribution in [1.82, 2.24) is 14.4 Å². The Morgan fingerprint density at radius 3 is 2.40 bits per heavy atom. The molecule has 1 aromatic heterocycles. The van der Waals surface area contributed by atoms with Crippen molar-refractivity contribution in [3.63, 3.8) is 0 Å². The van der Waals surface area contributed by atoms with E-state index in [4.69, 9.17) is 23.2 Å². The van der Waals surface area contributed by atoms with Gasteiger partial charge in [-0.25, -0.2) is 4.79 Å². The zero-order chi connectivity index (χ0) is 21.8. The number of aryl methyl sites for hydroxylation is 1. The molecule has 1 aromatic carbocycles. The van der Waals surface area contributed by atoms with Crippen molar-refractivity contribution in [3.8, 4) is 0 Å². The number of aromatic nitrogens is 1. The first-order valence-electron chi connectivity index (χ1n) is 10.2. The highest BCUT2D eigenvalue weighted by Gasteiger charge is 2.35. The summed E-state index contributed by atoms with van der Waals surface area (Å²) >= 11 is 12.4. The van der Waals surface area contributed by atoms with Crippen molar-refractivity contribution < 1.29 is 9.59 Å². The zero-order valence-corrected chi connectivity index (χ0v) is 19.1. The topological polar surface area (TPSA) is 57.6 Å². The van der Waals surface area contributed by atoms with Crippen molar-refractivity contribution in [1.29, 1.82) is 0 Å². The third kappa shape index (κ3) is 5.29. The maximum atomic E-state index is 13.2. The number of nitrogens with zero attached hydrogens (tertiary/aromatic N) is 3. The number of rotatable bonds is 8. The molecule has 0 spiro atoms. The highest BCUT2D eigenvalue weighted by molar-refractivity contribution is 6.39. The molecule has 1 N–H and O–H groups in total. The predicted molar refractivity (Wildman–Crippen MR) is 121 cm³/mol. The minimum absolute atomic E-state index is 0.00380. The standard InChI is InChI=1S/C22H28Cl2N4O2/c1-4-15(2)27(22(30)25-21-18(23)8-5-9-19(21)24)14-20(29)28(16-10-11-16)13-17-7-6-12-26(17)3/h5-9,12,15-16H,4,10-11,13-14H2,1-3H3,(H,25,30). The summed E-state index contributed by atoms with van der Waals surface area (Å²) in [5.74, 6) is -0.0561. The van der Waals surface area contributed by atoms with Gasteiger partial charge in [0, 0.05) is 31.0 Å². The number of hydrogen-bond donors (Lipinski definition) is 1. The fourth-order valence-electron chi connectivity index (χ4n) is 3.32. The number of amides is 3. The predicted octanol–water partition coefficient (Wildman–Crippen LogP) is 5.16. The van der Waals surface area contributed by atoms with E-state index in [1.807, 2.05) is 48.7 Å². The summed E-state index contributed by atoms with van der Waals surface area (Å²) in [4.78, 5) is 29.7. The minimum atomic E-state index is -0.387. The van der Waals surface area contributed by atoms with Crippen molar-refractivity contribution in [2.24, 2.45) is 7.05 Å². The lowest BCUT2D eigenvalue weighted by molar-refractivity contribution is -0.133. The van der Waals surface area contributed by atoms with E-state index >= 15 is 0 Å². The molecule has 8 heteroatoms. The monoisotopic (exact) mass is 450 g/mol. The Labute approximate surface area is 187 Å². The smallest absolute Gasteiger partial charge is 0.322 e. The Bertz CT molecular complexity index is 890. The maximum Gasteiger partial charge on any atom is 0.322 e. The Morgan fingerprint density at radius 1 is 1.20 bits per heavy atom. The highest BCUT2D eigenvalue weighted by Crippen LogP contribution is 2.31. The molecule has 0 saturated heterocycles. The molecule has 1 aliphatic rings. The molecular formula is C22H28Cl2N4O2. The van der Waals surface area contributed by atoms with E-state index < -0.39 is 0 Å². The number of carbonyl (C=O) groups is 2. The number of hydrogen-bond acceptors (Lipinski definition) is 2. The molecule has 30 heavy (non-hydrogen) atoms. The highest BCUT2D eigenvalue weighted by atomic mass is 35.5. The Kier molecular flexibility index (Phi) is 7.32. The Morgan fingerprint density at radius 2 is 1.87 bits per heavy atom. The molecule has 3 amide bonds. The third-order valence-electron chi connectivity index (χ3n) is 5.58. The first-order chi connectivity index (χ1) is 14.3. The van der Waals surface area contributed by atoms with Crippen molar-refractivity contribution in [2.75, 3.05) is 11.9 Å². The van der Waals surface area contributed by atoms with E-state index in [9.17, 15) is 9.59 Å². The zero-order valence-electron chi connectivity index (χ0n) is 17.6. The fourth-order valence-corrected chi connectivity index (χ4v) is 3.82. The first kappa shape index (κ1) is 22.5. The van der Waals surface area contributed by atoms with Gasteiger partial charge in [0.1, 0.15) is 6.54 Å². The van der Waals surface area contributed by atoms with Gasteiger partial charge >= 0.3 is 6.03 Å². The van der Waals surface area contributed by atoms with E-state index in [0.29, 0.717) is 22.3 Å². The van der Waals surface area contributed by atoms with Gasteiger partial charge < -0.3 is 19.7 Å². The van der Waals surface area contributed by atoms with Crippen LogP contribution in [-0.2, 0) is 18.4 Å². The fraction of sp³-hybridized carbons (Fsp3) is 0.455. The molecule has 0 radical (unpaired) electrons. The van der Waals surface area contributed by atoms with Crippen LogP contribution in [0.25, 0.3) is 0 Å². The molecule has 3 rings (SSSR count). The number of carbonyl (C=O) groups excluding carboxylic acids is 2. The summed E-state index contributed by atoms with van der Waals surface area (Å²) in [6.07, 6.45) is 4.69. The maximum absolute atomic E-state index is 13.2. The van der Waals surface area contributed by atoms with Crippen LogP contribution in [0, 0.1) is 0 Å². The van der Waals surface area contributed by atoms with Crippen LogP contribution in [0.3, 0.4) is 0 Å². The minimum Gasteiger partial charge on any atom is -0.353 e. The summed E-state index contributed by atoms with van der Waals surface area (Å²) in [6.45, 7) is 4.46. The molecule has 1 atom stereocenters. The second kappa shape index (κ2) is 9.75. The lowest BCUT2D eigenvalue weighted by Gasteiger charge is -2.31. The molecule has 1 aliphatic carbocycles. The van der Waals surface area contributed by atoms with Gasteiger partial charge in [0.25, 0.3) is 0 Å². The van der Waals surface area contributed by atoms with Crippen LogP contribution in [0.4, 0.5) is 10.5 Å². The quantitative estimate of drug-likeness (QED) is 0.603. The van der Waals surface area contributed by atoms with Crippen LogP contribution in [0.2, 0.25) is 10.0 Å². The van der Waals surface area contributed by atoms with E-state index in [1.54, 1.807) is 23.1 Å². The normalized spacial score (nSPS) is 14.3. The molecule has 0 bridgehead atoms. The number of nitrogens with one attached hydrogen (secondary N) is 1. The number of anilines is 1. The van der Waals surface area contributed by atoms with E-state index in [1.165, 1.54) is 0 Å². The summed E-state index contributed by atoms with van der Waals surface area (Å²) < 4.78 is 2.02. The number of halogens is 2.